The fourth-order valence-electron chi connectivity index (χ4n) is 3.61. The number of aromatic nitrogens is 1. The van der Waals surface area contributed by atoms with E-state index < -0.39 is 6.04 Å². The topological polar surface area (TPSA) is 71.5 Å². The average molecular weight is 430 g/mol. The number of likely N-dealkylation sites (tertiary alicyclic amines) is 1. The van der Waals surface area contributed by atoms with Gasteiger partial charge in [-0.1, -0.05) is 35.1 Å². The molecule has 1 aliphatic rings. The number of carbonyl (C=O) groups is 2. The van der Waals surface area contributed by atoms with Crippen molar-refractivity contribution in [3.8, 4) is 5.75 Å². The molecule has 6 nitrogen and oxygen atoms in total. The Hall–Kier alpha value is -2.64. The number of nitrogens with one attached hydrogen (secondary N) is 1. The molecule has 1 atom stereocenters. The van der Waals surface area contributed by atoms with E-state index in [4.69, 9.17) is 16.3 Å². The van der Waals surface area contributed by atoms with Crippen LogP contribution in [0.5, 0.6) is 5.75 Å². The number of methoxy groups -OCH3 is 1. The van der Waals surface area contributed by atoms with Crippen molar-refractivity contribution in [3.63, 3.8) is 0 Å². The number of ether oxygens (including phenoxy) is 1. The first-order valence-electron chi connectivity index (χ1n) is 9.29. The van der Waals surface area contributed by atoms with E-state index in [2.05, 4.69) is 10.3 Å². The Bertz CT molecular complexity index is 1100. The molecule has 150 valence electrons. The number of nitrogens with zero attached hydrogens (tertiary/aromatic N) is 2. The third-order valence-electron chi connectivity index (χ3n) is 5.06. The van der Waals surface area contributed by atoms with Crippen LogP contribution in [-0.2, 0) is 4.79 Å². The largest absolute Gasteiger partial charge is 0.496 e. The molecule has 1 N–H and O–H groups in total. The Kier molecular flexibility index (Phi) is 5.43. The van der Waals surface area contributed by atoms with Gasteiger partial charge < -0.3 is 15.0 Å². The van der Waals surface area contributed by atoms with Crippen LogP contribution in [0.1, 0.15) is 28.8 Å². The number of aryl methyl sites for hydroxylation is 1. The summed E-state index contributed by atoms with van der Waals surface area (Å²) in [6, 6.07) is 10.3. The number of halogens is 1. The van der Waals surface area contributed by atoms with Gasteiger partial charge in [-0.25, -0.2) is 4.98 Å². The zero-order chi connectivity index (χ0) is 20.5. The fourth-order valence-corrected chi connectivity index (χ4v) is 4.73. The van der Waals surface area contributed by atoms with Crippen molar-refractivity contribution in [2.75, 3.05) is 19.0 Å². The Morgan fingerprint density at radius 3 is 2.90 bits per heavy atom. The number of rotatable bonds is 4. The molecule has 0 unspecified atom stereocenters. The van der Waals surface area contributed by atoms with Crippen LogP contribution in [0.4, 0.5) is 5.13 Å². The van der Waals surface area contributed by atoms with Gasteiger partial charge in [0.1, 0.15) is 11.8 Å². The summed E-state index contributed by atoms with van der Waals surface area (Å²) >= 11 is 7.50. The van der Waals surface area contributed by atoms with Crippen LogP contribution in [0, 0.1) is 6.92 Å². The number of amides is 2. The fraction of sp³-hybridized carbons (Fsp3) is 0.286. The van der Waals surface area contributed by atoms with E-state index in [1.807, 2.05) is 25.1 Å². The summed E-state index contributed by atoms with van der Waals surface area (Å²) in [6.45, 7) is 2.49. The maximum absolute atomic E-state index is 13.1. The molecule has 1 aromatic heterocycles. The first-order chi connectivity index (χ1) is 14.0. The molecule has 29 heavy (non-hydrogen) atoms. The van der Waals surface area contributed by atoms with Crippen LogP contribution in [-0.4, -0.2) is 41.4 Å². The van der Waals surface area contributed by atoms with Crippen LogP contribution in [0.3, 0.4) is 0 Å². The first kappa shape index (κ1) is 19.7. The van der Waals surface area contributed by atoms with Gasteiger partial charge in [0, 0.05) is 11.6 Å². The van der Waals surface area contributed by atoms with Gasteiger partial charge in [0.2, 0.25) is 5.91 Å². The lowest BCUT2D eigenvalue weighted by molar-refractivity contribution is -0.119. The highest BCUT2D eigenvalue weighted by Crippen LogP contribution is 2.30. The van der Waals surface area contributed by atoms with Crippen molar-refractivity contribution < 1.29 is 14.3 Å². The maximum Gasteiger partial charge on any atom is 0.258 e. The van der Waals surface area contributed by atoms with Gasteiger partial charge in [-0.2, -0.15) is 0 Å². The molecule has 0 bridgehead atoms. The van der Waals surface area contributed by atoms with Crippen molar-refractivity contribution >= 4 is 50.1 Å². The highest BCUT2D eigenvalue weighted by molar-refractivity contribution is 7.22. The van der Waals surface area contributed by atoms with Crippen LogP contribution >= 0.6 is 22.9 Å². The van der Waals surface area contributed by atoms with Gasteiger partial charge in [-0.3, -0.25) is 9.59 Å². The van der Waals surface area contributed by atoms with Gasteiger partial charge in [0.15, 0.2) is 5.13 Å². The van der Waals surface area contributed by atoms with E-state index in [1.54, 1.807) is 23.1 Å². The Balaban J connectivity index is 1.56. The molecule has 3 aromatic rings. The number of benzene rings is 2. The number of fused-ring (bicyclic) bond motifs is 1. The van der Waals surface area contributed by atoms with Crippen molar-refractivity contribution in [2.24, 2.45) is 0 Å². The van der Waals surface area contributed by atoms with Gasteiger partial charge in [0.25, 0.3) is 5.91 Å². The van der Waals surface area contributed by atoms with E-state index in [0.717, 1.165) is 22.2 Å². The molecular formula is C21H20ClN3O3S. The summed E-state index contributed by atoms with van der Waals surface area (Å²) < 4.78 is 6.32. The van der Waals surface area contributed by atoms with Gasteiger partial charge >= 0.3 is 0 Å². The standard InChI is InChI=1S/C21H20ClN3O3S/c1-12-5-3-7-17-18(12)23-21(29-17)24-19(26)15-6-4-10-25(15)20(27)14-11-13(22)8-9-16(14)28-2/h3,5,7-9,11,15H,4,6,10H2,1-2H3,(H,23,24,26)/t15-/m1/s1. The molecule has 8 heteroatoms. The quantitative estimate of drug-likeness (QED) is 0.662. The normalized spacial score (nSPS) is 16.2. The van der Waals surface area contributed by atoms with E-state index in [9.17, 15) is 9.59 Å². The summed E-state index contributed by atoms with van der Waals surface area (Å²) in [5, 5.41) is 3.88. The Morgan fingerprint density at radius 2 is 2.14 bits per heavy atom. The third-order valence-corrected chi connectivity index (χ3v) is 6.23. The van der Waals surface area contributed by atoms with E-state index in [0.29, 0.717) is 34.4 Å². The van der Waals surface area contributed by atoms with Crippen molar-refractivity contribution in [3.05, 3.63) is 52.5 Å². The Morgan fingerprint density at radius 1 is 1.31 bits per heavy atom. The summed E-state index contributed by atoms with van der Waals surface area (Å²) in [7, 11) is 1.50. The van der Waals surface area contributed by atoms with Gasteiger partial charge in [-0.05, 0) is 49.6 Å². The lowest BCUT2D eigenvalue weighted by Gasteiger charge is -2.24. The lowest BCUT2D eigenvalue weighted by Crippen LogP contribution is -2.43. The van der Waals surface area contributed by atoms with Crippen LogP contribution in [0.15, 0.2) is 36.4 Å². The van der Waals surface area contributed by atoms with Gasteiger partial charge in [0.05, 0.1) is 22.9 Å². The highest BCUT2D eigenvalue weighted by Gasteiger charge is 2.36. The molecule has 0 saturated carbocycles. The minimum Gasteiger partial charge on any atom is -0.496 e. The molecule has 2 heterocycles. The monoisotopic (exact) mass is 429 g/mol. The zero-order valence-electron chi connectivity index (χ0n) is 16.1. The smallest absolute Gasteiger partial charge is 0.258 e. The van der Waals surface area contributed by atoms with Crippen molar-refractivity contribution in [1.29, 1.82) is 0 Å². The van der Waals surface area contributed by atoms with Crippen LogP contribution < -0.4 is 10.1 Å². The Labute approximate surface area is 177 Å². The first-order valence-corrected chi connectivity index (χ1v) is 10.5. The molecule has 1 aliphatic heterocycles. The molecule has 1 fully saturated rings. The predicted molar refractivity (Wildman–Crippen MR) is 115 cm³/mol. The molecule has 0 spiro atoms. The van der Waals surface area contributed by atoms with E-state index >= 15 is 0 Å². The minimum absolute atomic E-state index is 0.228. The molecule has 0 radical (unpaired) electrons. The van der Waals surface area contributed by atoms with Crippen molar-refractivity contribution in [1.82, 2.24) is 9.88 Å². The second kappa shape index (κ2) is 8.00. The summed E-state index contributed by atoms with van der Waals surface area (Å²) in [6.07, 6.45) is 1.36. The highest BCUT2D eigenvalue weighted by atomic mass is 35.5. The zero-order valence-corrected chi connectivity index (χ0v) is 17.6. The molecule has 4 rings (SSSR count). The van der Waals surface area contributed by atoms with E-state index in [-0.39, 0.29) is 11.8 Å². The number of thiazole rings is 1. The molecular weight excluding hydrogens is 410 g/mol. The summed E-state index contributed by atoms with van der Waals surface area (Å²) in [4.78, 5) is 32.2. The SMILES string of the molecule is COc1ccc(Cl)cc1C(=O)N1CCC[C@@H]1C(=O)Nc1nc2c(C)cccc2s1. The minimum atomic E-state index is -0.556. The number of anilines is 1. The average Bonchev–Trinajstić information content (AvgIpc) is 3.35. The van der Waals surface area contributed by atoms with Gasteiger partial charge in [-0.15, -0.1) is 0 Å². The molecule has 1 saturated heterocycles. The second-order valence-corrected chi connectivity index (χ2v) is 8.40. The molecule has 2 aromatic carbocycles. The number of hydrogen-bond acceptors (Lipinski definition) is 5. The van der Waals surface area contributed by atoms with Crippen LogP contribution in [0.2, 0.25) is 5.02 Å². The summed E-state index contributed by atoms with van der Waals surface area (Å²) in [5.41, 5.74) is 2.30. The lowest BCUT2D eigenvalue weighted by atomic mass is 10.1. The molecule has 0 aliphatic carbocycles. The molecule has 2 amide bonds. The second-order valence-electron chi connectivity index (χ2n) is 6.93. The number of hydrogen-bond donors (Lipinski definition) is 1. The maximum atomic E-state index is 13.1. The van der Waals surface area contributed by atoms with Crippen molar-refractivity contribution in [2.45, 2.75) is 25.8 Å². The summed E-state index contributed by atoms with van der Waals surface area (Å²) in [5.74, 6) is -0.0530. The predicted octanol–water partition coefficient (Wildman–Crippen LogP) is 4.51. The number of para-hydroxylation sites is 1. The third kappa shape index (κ3) is 3.80. The number of carbonyl (C=O) groups excluding carboxylic acids is 2. The van der Waals surface area contributed by atoms with Crippen LogP contribution in [0.25, 0.3) is 10.2 Å². The van der Waals surface area contributed by atoms with E-state index in [1.165, 1.54) is 18.4 Å².